The van der Waals surface area contributed by atoms with Gasteiger partial charge in [-0.3, -0.25) is 0 Å². The molecule has 0 radical (unpaired) electrons. The third-order valence-electron chi connectivity index (χ3n) is 3.03. The number of rotatable bonds is 4. The summed E-state index contributed by atoms with van der Waals surface area (Å²) < 4.78 is 18.6. The molecule has 1 aliphatic rings. The van der Waals surface area contributed by atoms with Crippen LogP contribution in [0.15, 0.2) is 18.2 Å². The number of benzene rings is 1. The smallest absolute Gasteiger partial charge is 0.165 e. The average molecular weight is 239 g/mol. The van der Waals surface area contributed by atoms with E-state index in [2.05, 4.69) is 5.32 Å². The van der Waals surface area contributed by atoms with Gasteiger partial charge in [0.1, 0.15) is 0 Å². The van der Waals surface area contributed by atoms with Crippen molar-refractivity contribution >= 4 is 0 Å². The molecule has 4 heteroatoms. The zero-order valence-electron chi connectivity index (χ0n) is 9.79. The van der Waals surface area contributed by atoms with Gasteiger partial charge >= 0.3 is 0 Å². The van der Waals surface area contributed by atoms with Crippen LogP contribution in [-0.4, -0.2) is 24.4 Å². The van der Waals surface area contributed by atoms with E-state index in [1.54, 1.807) is 12.1 Å². The summed E-state index contributed by atoms with van der Waals surface area (Å²) in [6, 6.07) is 4.57. The third-order valence-corrected chi connectivity index (χ3v) is 3.03. The molecule has 1 saturated heterocycles. The predicted molar refractivity (Wildman–Crippen MR) is 63.4 cm³/mol. The first-order valence-electron chi connectivity index (χ1n) is 6.06. The Morgan fingerprint density at radius 1 is 1.41 bits per heavy atom. The van der Waals surface area contributed by atoms with Crippen molar-refractivity contribution in [1.29, 1.82) is 0 Å². The first kappa shape index (κ1) is 12.3. The van der Waals surface area contributed by atoms with Crippen molar-refractivity contribution in [3.8, 4) is 5.75 Å². The topological polar surface area (TPSA) is 41.5 Å². The molecule has 3 nitrogen and oxygen atoms in total. The number of ether oxygens (including phenoxy) is 1. The monoisotopic (exact) mass is 239 g/mol. The van der Waals surface area contributed by atoms with E-state index >= 15 is 0 Å². The van der Waals surface area contributed by atoms with Gasteiger partial charge in [-0.2, -0.15) is 0 Å². The van der Waals surface area contributed by atoms with E-state index in [4.69, 9.17) is 4.74 Å². The molecule has 0 aromatic heterocycles. The van der Waals surface area contributed by atoms with E-state index in [-0.39, 0.29) is 11.9 Å². The highest BCUT2D eigenvalue weighted by molar-refractivity contribution is 5.33. The van der Waals surface area contributed by atoms with Gasteiger partial charge in [-0.05, 0) is 25.3 Å². The number of phenols is 1. The van der Waals surface area contributed by atoms with Crippen LogP contribution in [0.25, 0.3) is 0 Å². The minimum atomic E-state index is -0.571. The molecule has 1 heterocycles. The summed E-state index contributed by atoms with van der Waals surface area (Å²) in [5, 5.41) is 12.7. The Balaban J connectivity index is 1.79. The third kappa shape index (κ3) is 3.41. The van der Waals surface area contributed by atoms with Crippen LogP contribution in [0, 0.1) is 5.82 Å². The number of aromatic hydroxyl groups is 1. The summed E-state index contributed by atoms with van der Waals surface area (Å²) in [7, 11) is 0. The minimum absolute atomic E-state index is 0.249. The van der Waals surface area contributed by atoms with Crippen molar-refractivity contribution in [2.45, 2.75) is 31.9 Å². The predicted octanol–water partition coefficient (Wildman–Crippen LogP) is 2.19. The molecule has 2 N–H and O–H groups in total. The van der Waals surface area contributed by atoms with E-state index in [9.17, 15) is 9.50 Å². The highest BCUT2D eigenvalue weighted by Gasteiger charge is 2.13. The molecular weight excluding hydrogens is 221 g/mol. The molecule has 0 bridgehead atoms. The molecule has 1 aromatic rings. The zero-order chi connectivity index (χ0) is 12.1. The lowest BCUT2D eigenvalue weighted by molar-refractivity contribution is 0.0167. The van der Waals surface area contributed by atoms with Crippen molar-refractivity contribution in [3.63, 3.8) is 0 Å². The van der Waals surface area contributed by atoms with Gasteiger partial charge in [-0.15, -0.1) is 0 Å². The first-order valence-corrected chi connectivity index (χ1v) is 6.06. The van der Waals surface area contributed by atoms with Gasteiger partial charge in [-0.25, -0.2) is 4.39 Å². The van der Waals surface area contributed by atoms with Crippen LogP contribution < -0.4 is 5.32 Å². The van der Waals surface area contributed by atoms with E-state index in [1.165, 1.54) is 12.5 Å². The lowest BCUT2D eigenvalue weighted by Gasteiger charge is -2.22. The molecule has 2 rings (SSSR count). The molecule has 1 atom stereocenters. The van der Waals surface area contributed by atoms with Gasteiger partial charge in [0.05, 0.1) is 6.10 Å². The summed E-state index contributed by atoms with van der Waals surface area (Å²) in [5.41, 5.74) is 0.584. The Kier molecular flexibility index (Phi) is 4.34. The summed E-state index contributed by atoms with van der Waals surface area (Å²) in [6.07, 6.45) is 3.67. The SMILES string of the molecule is Oc1c(F)cccc1CNCC1CCCCO1. The van der Waals surface area contributed by atoms with Crippen LogP contribution in [0.2, 0.25) is 0 Å². The van der Waals surface area contributed by atoms with Crippen LogP contribution in [0.4, 0.5) is 4.39 Å². The van der Waals surface area contributed by atoms with Crippen molar-refractivity contribution in [2.75, 3.05) is 13.2 Å². The average Bonchev–Trinajstić information content (AvgIpc) is 2.36. The molecule has 1 unspecified atom stereocenters. The largest absolute Gasteiger partial charge is 0.505 e. The van der Waals surface area contributed by atoms with Crippen molar-refractivity contribution in [1.82, 2.24) is 5.32 Å². The van der Waals surface area contributed by atoms with Crippen molar-refractivity contribution in [3.05, 3.63) is 29.6 Å². The van der Waals surface area contributed by atoms with E-state index < -0.39 is 5.82 Å². The van der Waals surface area contributed by atoms with Gasteiger partial charge in [0, 0.05) is 25.3 Å². The Morgan fingerprint density at radius 2 is 2.29 bits per heavy atom. The molecule has 1 fully saturated rings. The maximum absolute atomic E-state index is 13.1. The number of hydrogen-bond donors (Lipinski definition) is 2. The molecule has 1 aliphatic heterocycles. The Labute approximate surface area is 101 Å². The quantitative estimate of drug-likeness (QED) is 0.846. The second-order valence-electron chi connectivity index (χ2n) is 4.37. The highest BCUT2D eigenvalue weighted by atomic mass is 19.1. The molecule has 1 aromatic carbocycles. The summed E-state index contributed by atoms with van der Waals surface area (Å²) in [6.45, 7) is 2.04. The second-order valence-corrected chi connectivity index (χ2v) is 4.37. The van der Waals surface area contributed by atoms with E-state index in [0.29, 0.717) is 12.1 Å². The summed E-state index contributed by atoms with van der Waals surface area (Å²) >= 11 is 0. The molecule has 0 saturated carbocycles. The molecule has 17 heavy (non-hydrogen) atoms. The standard InChI is InChI=1S/C13H18FNO2/c14-12-6-3-4-10(13(12)16)8-15-9-11-5-1-2-7-17-11/h3-4,6,11,15-16H,1-2,5,7-9H2. The molecular formula is C13H18FNO2. The van der Waals surface area contributed by atoms with Crippen LogP contribution in [-0.2, 0) is 11.3 Å². The number of nitrogens with one attached hydrogen (secondary N) is 1. The number of halogens is 1. The fourth-order valence-electron chi connectivity index (χ4n) is 2.04. The van der Waals surface area contributed by atoms with Crippen LogP contribution in [0.1, 0.15) is 24.8 Å². The molecule has 0 amide bonds. The highest BCUT2D eigenvalue weighted by Crippen LogP contribution is 2.20. The van der Waals surface area contributed by atoms with Gasteiger partial charge in [0.25, 0.3) is 0 Å². The number of phenolic OH excluding ortho intramolecular Hbond substituents is 1. The lowest BCUT2D eigenvalue weighted by atomic mass is 10.1. The van der Waals surface area contributed by atoms with Crippen LogP contribution in [0.3, 0.4) is 0 Å². The number of hydrogen-bond acceptors (Lipinski definition) is 3. The van der Waals surface area contributed by atoms with Gasteiger partial charge in [0.2, 0.25) is 0 Å². The lowest BCUT2D eigenvalue weighted by Crippen LogP contribution is -2.31. The Hall–Kier alpha value is -1.13. The fraction of sp³-hybridized carbons (Fsp3) is 0.538. The Morgan fingerprint density at radius 3 is 3.06 bits per heavy atom. The maximum atomic E-state index is 13.1. The van der Waals surface area contributed by atoms with E-state index in [0.717, 1.165) is 26.0 Å². The fourth-order valence-corrected chi connectivity index (χ4v) is 2.04. The summed E-state index contributed by atoms with van der Waals surface area (Å²) in [4.78, 5) is 0. The van der Waals surface area contributed by atoms with Crippen LogP contribution in [0.5, 0.6) is 5.75 Å². The molecule has 0 aliphatic carbocycles. The minimum Gasteiger partial charge on any atom is -0.505 e. The zero-order valence-corrected chi connectivity index (χ0v) is 9.79. The second kappa shape index (κ2) is 5.98. The van der Waals surface area contributed by atoms with Crippen molar-refractivity contribution < 1.29 is 14.2 Å². The summed E-state index contributed by atoms with van der Waals surface area (Å²) in [5.74, 6) is -0.831. The van der Waals surface area contributed by atoms with Crippen LogP contribution >= 0.6 is 0 Å². The van der Waals surface area contributed by atoms with Gasteiger partial charge in [0.15, 0.2) is 11.6 Å². The van der Waals surface area contributed by atoms with E-state index in [1.807, 2.05) is 0 Å². The normalized spacial score (nSPS) is 20.4. The Bertz CT molecular complexity index is 364. The maximum Gasteiger partial charge on any atom is 0.165 e. The molecule has 94 valence electrons. The molecule has 0 spiro atoms. The first-order chi connectivity index (χ1) is 8.27. The van der Waals surface area contributed by atoms with Crippen molar-refractivity contribution in [2.24, 2.45) is 0 Å². The number of para-hydroxylation sites is 1. The van der Waals surface area contributed by atoms with Gasteiger partial charge in [-0.1, -0.05) is 12.1 Å². The van der Waals surface area contributed by atoms with Gasteiger partial charge < -0.3 is 15.2 Å².